The van der Waals surface area contributed by atoms with E-state index in [-0.39, 0.29) is 0 Å². The zero-order chi connectivity index (χ0) is 19.4. The third-order valence-electron chi connectivity index (χ3n) is 3.44. The Kier molecular flexibility index (Phi) is 9.18. The van der Waals surface area contributed by atoms with Gasteiger partial charge >= 0.3 is 11.9 Å². The number of rotatable bonds is 10. The van der Waals surface area contributed by atoms with Crippen molar-refractivity contribution in [1.82, 2.24) is 0 Å². The Morgan fingerprint density at radius 1 is 1.04 bits per heavy atom. The third-order valence-corrected chi connectivity index (χ3v) is 3.44. The van der Waals surface area contributed by atoms with Crippen molar-refractivity contribution in [3.63, 3.8) is 0 Å². The molecule has 0 atom stereocenters. The minimum Gasteiger partial charge on any atom is -0.463 e. The highest BCUT2D eigenvalue weighted by Gasteiger charge is 2.02. The molecule has 0 aliphatic rings. The van der Waals surface area contributed by atoms with Crippen LogP contribution in [0.4, 0.5) is 0 Å². The molecular weight excluding hydrogens is 328 g/mol. The highest BCUT2D eigenvalue weighted by molar-refractivity contribution is 5.83. The summed E-state index contributed by atoms with van der Waals surface area (Å²) in [5, 5.41) is 0. The highest BCUT2D eigenvalue weighted by atomic mass is 16.5. The zero-order valence-corrected chi connectivity index (χ0v) is 15.1. The highest BCUT2D eigenvalue weighted by Crippen LogP contribution is 2.21. The second-order valence-corrected chi connectivity index (χ2v) is 5.36. The van der Waals surface area contributed by atoms with E-state index in [2.05, 4.69) is 19.7 Å². The molecule has 0 fully saturated rings. The number of hydrogen-bond donors (Lipinski definition) is 0. The summed E-state index contributed by atoms with van der Waals surface area (Å²) in [6.45, 7) is 13.0. The van der Waals surface area contributed by atoms with E-state index in [4.69, 9.17) is 9.47 Å². The average Bonchev–Trinajstić information content (AvgIpc) is 2.66. The summed E-state index contributed by atoms with van der Waals surface area (Å²) in [7, 11) is 0. The van der Waals surface area contributed by atoms with Crippen LogP contribution in [0.2, 0.25) is 0 Å². The van der Waals surface area contributed by atoms with Crippen LogP contribution in [0.25, 0.3) is 5.57 Å². The maximum Gasteiger partial charge on any atom is 0.335 e. The topological polar surface area (TPSA) is 52.6 Å². The second kappa shape index (κ2) is 11.4. The van der Waals surface area contributed by atoms with Gasteiger partial charge in [-0.15, -0.1) is 0 Å². The minimum absolute atomic E-state index is 0.346. The lowest BCUT2D eigenvalue weighted by Gasteiger charge is -2.06. The number of benzene rings is 1. The van der Waals surface area contributed by atoms with E-state index in [1.807, 2.05) is 37.3 Å². The van der Waals surface area contributed by atoms with E-state index >= 15 is 0 Å². The first-order valence-corrected chi connectivity index (χ1v) is 8.26. The number of carbonyl (C=O) groups is 2. The summed E-state index contributed by atoms with van der Waals surface area (Å²) in [6, 6.07) is 7.22. The van der Waals surface area contributed by atoms with Crippen molar-refractivity contribution in [2.24, 2.45) is 0 Å². The van der Waals surface area contributed by atoms with Crippen molar-refractivity contribution >= 4 is 17.5 Å². The molecule has 0 amide bonds. The fraction of sp³-hybridized carbons (Fsp3) is 0.182. The molecule has 0 spiro atoms. The van der Waals surface area contributed by atoms with Crippen LogP contribution < -0.4 is 4.74 Å². The summed E-state index contributed by atoms with van der Waals surface area (Å²) in [6.07, 6.45) is 9.61. The van der Waals surface area contributed by atoms with Gasteiger partial charge in [-0.1, -0.05) is 55.7 Å². The molecule has 0 heterocycles. The molecule has 26 heavy (non-hydrogen) atoms. The molecule has 1 rings (SSSR count). The van der Waals surface area contributed by atoms with Gasteiger partial charge in [0.2, 0.25) is 0 Å². The molecular formula is C22H24O4. The lowest BCUT2D eigenvalue weighted by atomic mass is 10.0. The van der Waals surface area contributed by atoms with Gasteiger partial charge in [-0.3, -0.25) is 0 Å². The number of allylic oxidation sites excluding steroid dienone is 5. The SMILES string of the molecule is C=CC(=O)OCCCC(=C)/C=C\C(=C/C)c1ccc(OC(=O)C=C)cc1. The van der Waals surface area contributed by atoms with Crippen LogP contribution in [0.1, 0.15) is 25.3 Å². The van der Waals surface area contributed by atoms with Gasteiger partial charge in [-0.2, -0.15) is 0 Å². The summed E-state index contributed by atoms with van der Waals surface area (Å²) in [5.41, 5.74) is 2.95. The van der Waals surface area contributed by atoms with Gasteiger partial charge in [0.25, 0.3) is 0 Å². The van der Waals surface area contributed by atoms with E-state index in [1.165, 1.54) is 0 Å². The quantitative estimate of drug-likeness (QED) is 0.199. The van der Waals surface area contributed by atoms with Crippen molar-refractivity contribution in [1.29, 1.82) is 0 Å². The molecule has 0 saturated carbocycles. The Bertz CT molecular complexity index is 721. The van der Waals surface area contributed by atoms with Crippen LogP contribution in [-0.4, -0.2) is 18.5 Å². The Labute approximate surface area is 154 Å². The number of hydrogen-bond acceptors (Lipinski definition) is 4. The molecule has 0 unspecified atom stereocenters. The monoisotopic (exact) mass is 352 g/mol. The lowest BCUT2D eigenvalue weighted by molar-refractivity contribution is -0.137. The average molecular weight is 352 g/mol. The Morgan fingerprint density at radius 2 is 1.69 bits per heavy atom. The van der Waals surface area contributed by atoms with E-state index in [9.17, 15) is 9.59 Å². The van der Waals surface area contributed by atoms with Crippen LogP contribution in [0, 0.1) is 0 Å². The maximum absolute atomic E-state index is 11.2. The van der Waals surface area contributed by atoms with Crippen molar-refractivity contribution < 1.29 is 19.1 Å². The van der Waals surface area contributed by atoms with Crippen molar-refractivity contribution in [3.8, 4) is 5.75 Å². The van der Waals surface area contributed by atoms with Crippen molar-refractivity contribution in [2.45, 2.75) is 19.8 Å². The second-order valence-electron chi connectivity index (χ2n) is 5.36. The molecule has 0 bridgehead atoms. The Balaban J connectivity index is 2.57. The molecule has 1 aromatic rings. The molecule has 0 saturated heterocycles. The summed E-state index contributed by atoms with van der Waals surface area (Å²) in [5.74, 6) is -0.430. The predicted octanol–water partition coefficient (Wildman–Crippen LogP) is 4.80. The number of carbonyl (C=O) groups excluding carboxylic acids is 2. The Morgan fingerprint density at radius 3 is 2.27 bits per heavy atom. The fourth-order valence-corrected chi connectivity index (χ4v) is 2.05. The molecule has 136 valence electrons. The van der Waals surface area contributed by atoms with Crippen LogP contribution in [0.15, 0.2) is 80.0 Å². The largest absolute Gasteiger partial charge is 0.463 e. The van der Waals surface area contributed by atoms with Gasteiger partial charge in [0, 0.05) is 12.2 Å². The summed E-state index contributed by atoms with van der Waals surface area (Å²) < 4.78 is 9.99. The van der Waals surface area contributed by atoms with Gasteiger partial charge in [0.05, 0.1) is 6.61 Å². The number of ether oxygens (including phenoxy) is 2. The molecule has 4 heteroatoms. The van der Waals surface area contributed by atoms with Crippen LogP contribution in [0.5, 0.6) is 5.75 Å². The van der Waals surface area contributed by atoms with Crippen LogP contribution >= 0.6 is 0 Å². The maximum atomic E-state index is 11.2. The van der Waals surface area contributed by atoms with Crippen LogP contribution in [-0.2, 0) is 14.3 Å². The smallest absolute Gasteiger partial charge is 0.335 e. The molecule has 0 N–H and O–H groups in total. The molecule has 4 nitrogen and oxygen atoms in total. The van der Waals surface area contributed by atoms with E-state index in [0.29, 0.717) is 18.8 Å². The van der Waals surface area contributed by atoms with E-state index < -0.39 is 11.9 Å². The van der Waals surface area contributed by atoms with Crippen molar-refractivity contribution in [3.05, 3.63) is 85.5 Å². The molecule has 0 aliphatic heterocycles. The van der Waals surface area contributed by atoms with Gasteiger partial charge in [0.1, 0.15) is 5.75 Å². The van der Waals surface area contributed by atoms with Crippen LogP contribution in [0.3, 0.4) is 0 Å². The Hall–Kier alpha value is -3.14. The first kappa shape index (κ1) is 20.9. The summed E-state index contributed by atoms with van der Waals surface area (Å²) in [4.78, 5) is 22.1. The molecule has 0 aromatic heterocycles. The predicted molar refractivity (Wildman–Crippen MR) is 105 cm³/mol. The fourth-order valence-electron chi connectivity index (χ4n) is 2.05. The standard InChI is InChI=1S/C22H24O4/c1-5-18(11-10-17(4)9-8-16-25-21(23)6-2)19-12-14-20(15-13-19)26-22(24)7-3/h5-7,10-15H,2-4,8-9,16H2,1H3/b11-10-,18-5+. The molecule has 1 aromatic carbocycles. The van der Waals surface area contributed by atoms with Crippen molar-refractivity contribution in [2.75, 3.05) is 6.61 Å². The van der Waals surface area contributed by atoms with Gasteiger partial charge in [0.15, 0.2) is 0 Å². The first-order valence-electron chi connectivity index (χ1n) is 8.26. The minimum atomic E-state index is -0.487. The van der Waals surface area contributed by atoms with E-state index in [1.54, 1.807) is 12.1 Å². The zero-order valence-electron chi connectivity index (χ0n) is 15.1. The lowest BCUT2D eigenvalue weighted by Crippen LogP contribution is -2.02. The van der Waals surface area contributed by atoms with E-state index in [0.717, 1.165) is 35.3 Å². The number of esters is 2. The van der Waals surface area contributed by atoms with Gasteiger partial charge in [-0.25, -0.2) is 9.59 Å². The normalized spacial score (nSPS) is 11.0. The molecule has 0 radical (unpaired) electrons. The first-order chi connectivity index (χ1) is 12.5. The van der Waals surface area contributed by atoms with Gasteiger partial charge < -0.3 is 9.47 Å². The summed E-state index contributed by atoms with van der Waals surface area (Å²) >= 11 is 0. The molecule has 0 aliphatic carbocycles. The van der Waals surface area contributed by atoms with Gasteiger partial charge in [-0.05, 0) is 43.0 Å². The third kappa shape index (κ3) is 7.62.